The molecule has 4 rings (SSSR count). The normalized spacial score (nSPS) is 11.5. The molecule has 0 saturated heterocycles. The van der Waals surface area contributed by atoms with Gasteiger partial charge >= 0.3 is 0 Å². The minimum atomic E-state index is 0.541. The summed E-state index contributed by atoms with van der Waals surface area (Å²) in [7, 11) is 5.04. The van der Waals surface area contributed by atoms with E-state index in [1.54, 1.807) is 21.3 Å². The molecule has 0 saturated carbocycles. The molecular formula is C20H19NO3. The molecule has 0 unspecified atom stereocenters. The van der Waals surface area contributed by atoms with Crippen LogP contribution in [0.1, 0.15) is 5.69 Å². The predicted octanol–water partition coefficient (Wildman–Crippen LogP) is 4.41. The quantitative estimate of drug-likeness (QED) is 0.558. The number of pyridine rings is 1. The van der Waals surface area contributed by atoms with Gasteiger partial charge in [-0.15, -0.1) is 0 Å². The van der Waals surface area contributed by atoms with Crippen molar-refractivity contribution in [1.82, 2.24) is 4.40 Å². The molecule has 0 aliphatic rings. The molecule has 0 atom stereocenters. The zero-order chi connectivity index (χ0) is 16.7. The standard InChI is InChI=1S/C20H19NO3/c1-22-12-15-8-14-10-19(23-2)20(24-3)11-16(14)18-9-13-6-4-5-7-17(13)21(15)18/h4-11H,12H2,1-3H3. The first-order valence-corrected chi connectivity index (χ1v) is 7.83. The van der Waals surface area contributed by atoms with Crippen molar-refractivity contribution in [3.8, 4) is 11.5 Å². The van der Waals surface area contributed by atoms with Crippen molar-refractivity contribution >= 4 is 27.2 Å². The summed E-state index contributed by atoms with van der Waals surface area (Å²) in [4.78, 5) is 0. The number of rotatable bonds is 4. The van der Waals surface area contributed by atoms with Gasteiger partial charge in [0, 0.05) is 23.6 Å². The predicted molar refractivity (Wildman–Crippen MR) is 96.2 cm³/mol. The average Bonchev–Trinajstić information content (AvgIpc) is 3.01. The van der Waals surface area contributed by atoms with E-state index in [-0.39, 0.29) is 0 Å². The number of hydrogen-bond donors (Lipinski definition) is 0. The smallest absolute Gasteiger partial charge is 0.161 e. The number of nitrogens with zero attached hydrogens (tertiary/aromatic N) is 1. The van der Waals surface area contributed by atoms with Gasteiger partial charge in [-0.3, -0.25) is 0 Å². The Hall–Kier alpha value is -2.72. The summed E-state index contributed by atoms with van der Waals surface area (Å²) in [5, 5.41) is 3.44. The van der Waals surface area contributed by atoms with Crippen LogP contribution in [0.4, 0.5) is 0 Å². The van der Waals surface area contributed by atoms with Crippen LogP contribution in [0.3, 0.4) is 0 Å². The molecule has 4 nitrogen and oxygen atoms in total. The molecule has 0 amide bonds. The molecule has 122 valence electrons. The highest BCUT2D eigenvalue weighted by molar-refractivity contribution is 6.04. The topological polar surface area (TPSA) is 32.1 Å². The van der Waals surface area contributed by atoms with E-state index in [1.165, 1.54) is 10.9 Å². The Balaban J connectivity index is 2.19. The van der Waals surface area contributed by atoms with Crippen molar-refractivity contribution in [3.63, 3.8) is 0 Å². The van der Waals surface area contributed by atoms with Gasteiger partial charge in [0.2, 0.25) is 0 Å². The van der Waals surface area contributed by atoms with Crippen molar-refractivity contribution in [1.29, 1.82) is 0 Å². The van der Waals surface area contributed by atoms with Crippen LogP contribution in [0.5, 0.6) is 11.5 Å². The number of ether oxygens (including phenoxy) is 3. The summed E-state index contributed by atoms with van der Waals surface area (Å²) in [5.41, 5.74) is 3.42. The van der Waals surface area contributed by atoms with E-state index in [9.17, 15) is 0 Å². The second kappa shape index (κ2) is 5.73. The Bertz CT molecular complexity index is 1050. The molecule has 2 heterocycles. The summed E-state index contributed by atoms with van der Waals surface area (Å²) in [6.45, 7) is 0.541. The van der Waals surface area contributed by atoms with E-state index in [0.29, 0.717) is 6.61 Å². The lowest BCUT2D eigenvalue weighted by atomic mass is 10.1. The van der Waals surface area contributed by atoms with Gasteiger partial charge in [-0.05, 0) is 35.7 Å². The van der Waals surface area contributed by atoms with Gasteiger partial charge in [-0.25, -0.2) is 0 Å². The Morgan fingerprint density at radius 2 is 1.54 bits per heavy atom. The largest absolute Gasteiger partial charge is 0.493 e. The third-order valence-corrected chi connectivity index (χ3v) is 4.44. The van der Waals surface area contributed by atoms with Crippen LogP contribution in [0.25, 0.3) is 27.2 Å². The van der Waals surface area contributed by atoms with Crippen LogP contribution < -0.4 is 9.47 Å². The van der Waals surface area contributed by atoms with Gasteiger partial charge in [0.05, 0.1) is 31.9 Å². The monoisotopic (exact) mass is 321 g/mol. The number of aromatic nitrogens is 1. The fourth-order valence-electron chi connectivity index (χ4n) is 3.40. The Morgan fingerprint density at radius 1 is 0.792 bits per heavy atom. The average molecular weight is 321 g/mol. The molecule has 0 aliphatic carbocycles. The summed E-state index contributed by atoms with van der Waals surface area (Å²) >= 11 is 0. The van der Waals surface area contributed by atoms with Crippen LogP contribution in [0, 0.1) is 0 Å². The van der Waals surface area contributed by atoms with Crippen molar-refractivity contribution < 1.29 is 14.2 Å². The van der Waals surface area contributed by atoms with Gasteiger partial charge < -0.3 is 18.6 Å². The van der Waals surface area contributed by atoms with Gasteiger partial charge in [0.1, 0.15) is 0 Å². The first kappa shape index (κ1) is 14.8. The number of methoxy groups -OCH3 is 3. The van der Waals surface area contributed by atoms with E-state index in [4.69, 9.17) is 14.2 Å². The van der Waals surface area contributed by atoms with Crippen LogP contribution in [0.15, 0.2) is 48.5 Å². The highest BCUT2D eigenvalue weighted by atomic mass is 16.5. The number of fused-ring (bicyclic) bond motifs is 5. The van der Waals surface area contributed by atoms with Gasteiger partial charge in [-0.2, -0.15) is 0 Å². The number of para-hydroxylation sites is 1. The Kier molecular flexibility index (Phi) is 3.54. The summed E-state index contributed by atoms with van der Waals surface area (Å²) in [5.74, 6) is 1.46. The van der Waals surface area contributed by atoms with E-state index in [0.717, 1.165) is 33.5 Å². The SMILES string of the molecule is COCc1cc2cc(OC)c(OC)cc2c2cc3ccccc3n12. The molecule has 4 heteroatoms. The molecule has 0 fully saturated rings. The molecule has 0 N–H and O–H groups in total. The molecule has 0 bridgehead atoms. The second-order valence-electron chi connectivity index (χ2n) is 5.79. The molecular weight excluding hydrogens is 302 g/mol. The maximum absolute atomic E-state index is 5.49. The van der Waals surface area contributed by atoms with Crippen molar-refractivity contribution in [2.75, 3.05) is 21.3 Å². The number of hydrogen-bond acceptors (Lipinski definition) is 3. The van der Waals surface area contributed by atoms with Crippen LogP contribution in [0.2, 0.25) is 0 Å². The molecule has 0 radical (unpaired) electrons. The first-order chi connectivity index (χ1) is 11.8. The van der Waals surface area contributed by atoms with E-state index in [2.05, 4.69) is 40.8 Å². The molecule has 0 spiro atoms. The fraction of sp³-hybridized carbons (Fsp3) is 0.200. The van der Waals surface area contributed by atoms with Crippen LogP contribution in [-0.4, -0.2) is 25.7 Å². The fourth-order valence-corrected chi connectivity index (χ4v) is 3.40. The minimum Gasteiger partial charge on any atom is -0.493 e. The highest BCUT2D eigenvalue weighted by Gasteiger charge is 2.14. The van der Waals surface area contributed by atoms with Crippen LogP contribution >= 0.6 is 0 Å². The zero-order valence-electron chi connectivity index (χ0n) is 14.0. The Labute approximate surface area is 140 Å². The summed E-state index contributed by atoms with van der Waals surface area (Å²) in [6, 6.07) is 16.8. The molecule has 2 aromatic carbocycles. The lowest BCUT2D eigenvalue weighted by Gasteiger charge is -2.13. The lowest BCUT2D eigenvalue weighted by molar-refractivity contribution is 0.181. The number of benzene rings is 2. The lowest BCUT2D eigenvalue weighted by Crippen LogP contribution is -2.00. The third-order valence-electron chi connectivity index (χ3n) is 4.44. The maximum atomic E-state index is 5.49. The van der Waals surface area contributed by atoms with E-state index < -0.39 is 0 Å². The van der Waals surface area contributed by atoms with Crippen molar-refractivity contribution in [2.45, 2.75) is 6.61 Å². The minimum absolute atomic E-state index is 0.541. The Morgan fingerprint density at radius 3 is 2.29 bits per heavy atom. The van der Waals surface area contributed by atoms with E-state index in [1.807, 2.05) is 12.1 Å². The highest BCUT2D eigenvalue weighted by Crippen LogP contribution is 2.36. The molecule has 24 heavy (non-hydrogen) atoms. The first-order valence-electron chi connectivity index (χ1n) is 7.83. The molecule has 0 aliphatic heterocycles. The second-order valence-corrected chi connectivity index (χ2v) is 5.79. The van der Waals surface area contributed by atoms with E-state index >= 15 is 0 Å². The molecule has 2 aromatic heterocycles. The third kappa shape index (κ3) is 2.11. The van der Waals surface area contributed by atoms with Gasteiger partial charge in [-0.1, -0.05) is 18.2 Å². The van der Waals surface area contributed by atoms with Crippen LogP contribution in [-0.2, 0) is 11.3 Å². The van der Waals surface area contributed by atoms with Gasteiger partial charge in [0.15, 0.2) is 11.5 Å². The molecule has 4 aromatic rings. The summed E-state index contributed by atoms with van der Waals surface area (Å²) < 4.78 is 18.6. The maximum Gasteiger partial charge on any atom is 0.161 e. The van der Waals surface area contributed by atoms with Crippen molar-refractivity contribution in [3.05, 3.63) is 54.2 Å². The zero-order valence-corrected chi connectivity index (χ0v) is 14.0. The summed E-state index contributed by atoms with van der Waals surface area (Å²) in [6.07, 6.45) is 0. The van der Waals surface area contributed by atoms with Crippen molar-refractivity contribution in [2.24, 2.45) is 0 Å². The van der Waals surface area contributed by atoms with Gasteiger partial charge in [0.25, 0.3) is 0 Å².